The fraction of sp³-hybridized carbons (Fsp3) is 0.935. The summed E-state index contributed by atoms with van der Waals surface area (Å²) in [5.74, 6) is -0.156. The van der Waals surface area contributed by atoms with E-state index in [1.807, 2.05) is 0 Å². The average molecular weight is 783 g/mol. The van der Waals surface area contributed by atoms with Crippen molar-refractivity contribution in [1.29, 1.82) is 0 Å². The smallest absolute Gasteiger partial charge is 0.462 e. The van der Waals surface area contributed by atoms with Gasteiger partial charge >= 0.3 is 12.1 Å². The molecule has 0 spiro atoms. The molecular formula is C46H90N2O7. The molecule has 55 heavy (non-hydrogen) atoms. The molecule has 9 nitrogen and oxygen atoms in total. The molecule has 0 rings (SSSR count). The molecule has 0 aliphatic rings. The van der Waals surface area contributed by atoms with E-state index in [0.29, 0.717) is 26.2 Å². The standard InChI is InChI=1S/C46H90N2O7/c1-5-8-11-14-17-24-31-38-53-46(52)54-39-32-25-23-30-37-48(41-43(50)40-47-42(4)49)36-29-22-18-21-28-35-45(51)55-44(33-26-19-15-12-9-6-2)34-27-20-16-13-10-7-3/h43-44,50H,5-41H2,1-4H3,(H,47,49). The van der Waals surface area contributed by atoms with Gasteiger partial charge in [-0.3, -0.25) is 9.59 Å². The van der Waals surface area contributed by atoms with Gasteiger partial charge in [0.1, 0.15) is 6.10 Å². The highest BCUT2D eigenvalue weighted by Crippen LogP contribution is 2.18. The van der Waals surface area contributed by atoms with Crippen molar-refractivity contribution in [1.82, 2.24) is 10.2 Å². The van der Waals surface area contributed by atoms with Crippen LogP contribution in [0.15, 0.2) is 0 Å². The molecule has 0 saturated carbocycles. The number of nitrogens with zero attached hydrogens (tertiary/aromatic N) is 1. The third kappa shape index (κ3) is 40.1. The summed E-state index contributed by atoms with van der Waals surface area (Å²) >= 11 is 0. The number of rotatable bonds is 42. The molecule has 0 aromatic carbocycles. The van der Waals surface area contributed by atoms with Gasteiger partial charge in [-0.15, -0.1) is 0 Å². The topological polar surface area (TPSA) is 114 Å². The van der Waals surface area contributed by atoms with Crippen molar-refractivity contribution in [3.05, 3.63) is 0 Å². The van der Waals surface area contributed by atoms with E-state index in [1.54, 1.807) is 0 Å². The first-order chi connectivity index (χ1) is 26.8. The van der Waals surface area contributed by atoms with Crippen molar-refractivity contribution in [2.45, 2.75) is 239 Å². The van der Waals surface area contributed by atoms with Crippen LogP contribution in [0, 0.1) is 0 Å². The van der Waals surface area contributed by atoms with Crippen LogP contribution in [0.25, 0.3) is 0 Å². The SMILES string of the molecule is CCCCCCCCCOC(=O)OCCCCCCN(CCCCCCCC(=O)OC(CCCCCCCC)CCCCCCCC)CC(O)CNC(C)=O. The highest BCUT2D eigenvalue weighted by molar-refractivity contribution is 5.72. The first-order valence-electron chi connectivity index (χ1n) is 23.5. The first-order valence-corrected chi connectivity index (χ1v) is 23.5. The van der Waals surface area contributed by atoms with E-state index >= 15 is 0 Å². The number of carbonyl (C=O) groups is 3. The molecule has 9 heteroatoms. The summed E-state index contributed by atoms with van der Waals surface area (Å²) < 4.78 is 16.5. The van der Waals surface area contributed by atoms with E-state index < -0.39 is 12.3 Å². The van der Waals surface area contributed by atoms with Gasteiger partial charge in [-0.05, 0) is 70.9 Å². The zero-order valence-electron chi connectivity index (χ0n) is 36.7. The van der Waals surface area contributed by atoms with Crippen molar-refractivity contribution >= 4 is 18.0 Å². The largest absolute Gasteiger partial charge is 0.508 e. The summed E-state index contributed by atoms with van der Waals surface area (Å²) in [4.78, 5) is 38.3. The molecule has 0 saturated heterocycles. The lowest BCUT2D eigenvalue weighted by atomic mass is 10.0. The number of carbonyl (C=O) groups excluding carboxylic acids is 3. The third-order valence-electron chi connectivity index (χ3n) is 10.5. The molecule has 1 amide bonds. The average Bonchev–Trinajstić information content (AvgIpc) is 3.16. The number of aliphatic hydroxyl groups excluding tert-OH is 1. The maximum absolute atomic E-state index is 12.8. The van der Waals surface area contributed by atoms with Gasteiger partial charge in [0.25, 0.3) is 0 Å². The Kier molecular flexibility index (Phi) is 40.3. The van der Waals surface area contributed by atoms with Gasteiger partial charge in [0.15, 0.2) is 0 Å². The zero-order chi connectivity index (χ0) is 40.5. The van der Waals surface area contributed by atoms with Crippen molar-refractivity contribution < 1.29 is 33.7 Å². The number of nitrogens with one attached hydrogen (secondary N) is 1. The van der Waals surface area contributed by atoms with Crippen molar-refractivity contribution in [3.8, 4) is 0 Å². The molecule has 1 unspecified atom stereocenters. The Morgan fingerprint density at radius 2 is 0.945 bits per heavy atom. The fourth-order valence-electron chi connectivity index (χ4n) is 7.07. The Hall–Kier alpha value is -1.87. The number of esters is 1. The quantitative estimate of drug-likeness (QED) is 0.0465. The van der Waals surface area contributed by atoms with Gasteiger partial charge in [-0.25, -0.2) is 4.79 Å². The lowest BCUT2D eigenvalue weighted by Gasteiger charge is -2.25. The fourth-order valence-corrected chi connectivity index (χ4v) is 7.07. The van der Waals surface area contributed by atoms with Crippen LogP contribution in [-0.2, 0) is 23.8 Å². The van der Waals surface area contributed by atoms with Crippen LogP contribution in [-0.4, -0.2) is 79.6 Å². The minimum atomic E-state index is -0.610. The van der Waals surface area contributed by atoms with Crippen LogP contribution >= 0.6 is 0 Å². The second-order valence-corrected chi connectivity index (χ2v) is 16.1. The molecule has 326 valence electrons. The number of hydrogen-bond acceptors (Lipinski definition) is 8. The summed E-state index contributed by atoms with van der Waals surface area (Å²) in [7, 11) is 0. The van der Waals surface area contributed by atoms with Crippen LogP contribution in [0.4, 0.5) is 4.79 Å². The Labute approximate surface area is 339 Å². The van der Waals surface area contributed by atoms with Crippen LogP contribution in [0.3, 0.4) is 0 Å². The molecule has 0 aliphatic carbocycles. The molecule has 0 aromatic heterocycles. The Bertz CT molecular complexity index is 842. The lowest BCUT2D eigenvalue weighted by Crippen LogP contribution is -2.40. The number of unbranched alkanes of at least 4 members (excludes halogenated alkanes) is 23. The molecule has 2 N–H and O–H groups in total. The zero-order valence-corrected chi connectivity index (χ0v) is 36.7. The van der Waals surface area contributed by atoms with E-state index in [2.05, 4.69) is 31.0 Å². The second kappa shape index (κ2) is 41.8. The van der Waals surface area contributed by atoms with E-state index in [-0.39, 0.29) is 24.5 Å². The molecule has 0 aliphatic heterocycles. The predicted octanol–water partition coefficient (Wildman–Crippen LogP) is 12.0. The molecule has 0 fully saturated rings. The minimum absolute atomic E-state index is 0.0217. The number of hydrogen-bond donors (Lipinski definition) is 2. The summed E-state index contributed by atoms with van der Waals surface area (Å²) in [6.45, 7) is 11.6. The molecule has 1 atom stereocenters. The van der Waals surface area contributed by atoms with Gasteiger partial charge in [0.05, 0.1) is 19.3 Å². The van der Waals surface area contributed by atoms with E-state index in [0.717, 1.165) is 109 Å². The van der Waals surface area contributed by atoms with Crippen molar-refractivity contribution in [2.24, 2.45) is 0 Å². The van der Waals surface area contributed by atoms with E-state index in [4.69, 9.17) is 14.2 Å². The van der Waals surface area contributed by atoms with Crippen LogP contribution in [0.5, 0.6) is 0 Å². The normalized spacial score (nSPS) is 12.0. The van der Waals surface area contributed by atoms with Crippen LogP contribution < -0.4 is 5.32 Å². The monoisotopic (exact) mass is 783 g/mol. The van der Waals surface area contributed by atoms with Crippen molar-refractivity contribution in [2.75, 3.05) is 39.4 Å². The third-order valence-corrected chi connectivity index (χ3v) is 10.5. The number of amides is 1. The molecule has 0 heterocycles. The summed E-state index contributed by atoms with van der Waals surface area (Å²) in [6, 6.07) is 0. The van der Waals surface area contributed by atoms with Crippen molar-refractivity contribution in [3.63, 3.8) is 0 Å². The van der Waals surface area contributed by atoms with E-state index in [9.17, 15) is 19.5 Å². The molecule has 0 radical (unpaired) electrons. The van der Waals surface area contributed by atoms with Gasteiger partial charge in [-0.1, -0.05) is 156 Å². The van der Waals surface area contributed by atoms with Gasteiger partial charge in [0, 0.05) is 26.4 Å². The summed E-state index contributed by atoms with van der Waals surface area (Å²) in [5, 5.41) is 13.3. The van der Waals surface area contributed by atoms with Crippen LogP contribution in [0.2, 0.25) is 0 Å². The second-order valence-electron chi connectivity index (χ2n) is 16.1. The van der Waals surface area contributed by atoms with Gasteiger partial charge < -0.3 is 29.5 Å². The van der Waals surface area contributed by atoms with E-state index in [1.165, 1.54) is 103 Å². The number of ether oxygens (including phenoxy) is 3. The Morgan fingerprint density at radius 1 is 0.545 bits per heavy atom. The van der Waals surface area contributed by atoms with Crippen LogP contribution in [0.1, 0.15) is 227 Å². The number of aliphatic hydroxyl groups is 1. The Morgan fingerprint density at radius 3 is 1.40 bits per heavy atom. The van der Waals surface area contributed by atoms with Gasteiger partial charge in [-0.2, -0.15) is 0 Å². The summed E-state index contributed by atoms with van der Waals surface area (Å²) in [6.07, 6.45) is 33.8. The molecular weight excluding hydrogens is 693 g/mol. The highest BCUT2D eigenvalue weighted by Gasteiger charge is 2.15. The predicted molar refractivity (Wildman–Crippen MR) is 228 cm³/mol. The maximum atomic E-state index is 12.8. The molecule has 0 aromatic rings. The molecule has 0 bridgehead atoms. The lowest BCUT2D eigenvalue weighted by molar-refractivity contribution is -0.150. The summed E-state index contributed by atoms with van der Waals surface area (Å²) in [5.41, 5.74) is 0. The minimum Gasteiger partial charge on any atom is -0.462 e. The first kappa shape index (κ1) is 53.1. The van der Waals surface area contributed by atoms with Gasteiger partial charge in [0.2, 0.25) is 5.91 Å². The maximum Gasteiger partial charge on any atom is 0.508 e. The highest BCUT2D eigenvalue weighted by atomic mass is 16.7. The Balaban J connectivity index is 4.33.